The Kier molecular flexibility index (Phi) is 7.16. The number of aryl methyl sites for hydroxylation is 1. The summed E-state index contributed by atoms with van der Waals surface area (Å²) in [6.45, 7) is 7.25. The summed E-state index contributed by atoms with van der Waals surface area (Å²) in [6.07, 6.45) is 0. The molecule has 2 aromatic rings. The minimum Gasteiger partial charge on any atom is -0.496 e. The van der Waals surface area contributed by atoms with Crippen LogP contribution in [0.3, 0.4) is 0 Å². The number of aliphatic imine (C=N–C) groups is 1. The minimum atomic E-state index is -0.407. The molecule has 0 saturated carbocycles. The van der Waals surface area contributed by atoms with Crippen molar-refractivity contribution in [3.8, 4) is 5.75 Å². The number of hydrogen-bond donors (Lipinski definition) is 2. The molecule has 144 valence electrons. The topological polar surface area (TPSA) is 88.8 Å². The van der Waals surface area contributed by atoms with Crippen molar-refractivity contribution < 1.29 is 9.66 Å². The van der Waals surface area contributed by atoms with Crippen LogP contribution in [0.5, 0.6) is 5.75 Å². The number of nitro groups is 1. The molecule has 0 radical (unpaired) electrons. The molecule has 0 aliphatic heterocycles. The van der Waals surface area contributed by atoms with Gasteiger partial charge in [0, 0.05) is 24.2 Å². The first-order valence-electron chi connectivity index (χ1n) is 8.87. The number of nitrogens with one attached hydrogen (secondary N) is 2. The fourth-order valence-electron chi connectivity index (χ4n) is 2.69. The third-order valence-corrected chi connectivity index (χ3v) is 4.12. The maximum absolute atomic E-state index is 10.7. The van der Waals surface area contributed by atoms with Gasteiger partial charge in [-0.05, 0) is 32.4 Å². The predicted molar refractivity (Wildman–Crippen MR) is 107 cm³/mol. The van der Waals surface area contributed by atoms with Crippen LogP contribution in [0, 0.1) is 17.0 Å². The molecule has 2 aromatic carbocycles. The quantitative estimate of drug-likeness (QED) is 0.335. The van der Waals surface area contributed by atoms with E-state index >= 15 is 0 Å². The van der Waals surface area contributed by atoms with Crippen LogP contribution in [0.1, 0.15) is 36.6 Å². The van der Waals surface area contributed by atoms with Crippen LogP contribution in [-0.4, -0.2) is 24.5 Å². The van der Waals surface area contributed by atoms with Crippen molar-refractivity contribution in [1.29, 1.82) is 0 Å². The van der Waals surface area contributed by atoms with Crippen LogP contribution in [0.15, 0.2) is 47.5 Å². The van der Waals surface area contributed by atoms with Crippen LogP contribution in [0.4, 0.5) is 5.69 Å². The highest BCUT2D eigenvalue weighted by Gasteiger charge is 2.13. The Balaban J connectivity index is 2.13. The van der Waals surface area contributed by atoms with Gasteiger partial charge in [0.25, 0.3) is 5.69 Å². The molecule has 1 atom stereocenters. The highest BCUT2D eigenvalue weighted by Crippen LogP contribution is 2.26. The summed E-state index contributed by atoms with van der Waals surface area (Å²) < 4.78 is 5.47. The fourth-order valence-corrected chi connectivity index (χ4v) is 2.69. The molecule has 0 saturated heterocycles. The lowest BCUT2D eigenvalue weighted by atomic mass is 10.0. The zero-order valence-electron chi connectivity index (χ0n) is 16.2. The molecule has 27 heavy (non-hydrogen) atoms. The smallest absolute Gasteiger partial charge is 0.269 e. The van der Waals surface area contributed by atoms with Crippen molar-refractivity contribution in [2.24, 2.45) is 4.99 Å². The molecule has 0 spiro atoms. The molecular formula is C20H26N4O3. The zero-order valence-corrected chi connectivity index (χ0v) is 16.2. The van der Waals surface area contributed by atoms with Gasteiger partial charge in [-0.2, -0.15) is 0 Å². The van der Waals surface area contributed by atoms with E-state index in [2.05, 4.69) is 28.6 Å². The van der Waals surface area contributed by atoms with Crippen LogP contribution in [-0.2, 0) is 6.54 Å². The van der Waals surface area contributed by atoms with E-state index in [0.29, 0.717) is 12.5 Å². The lowest BCUT2D eigenvalue weighted by Gasteiger charge is -2.20. The summed E-state index contributed by atoms with van der Waals surface area (Å²) in [5, 5.41) is 17.4. The van der Waals surface area contributed by atoms with E-state index in [1.807, 2.05) is 26.0 Å². The summed E-state index contributed by atoms with van der Waals surface area (Å²) in [4.78, 5) is 14.9. The Bertz CT molecular complexity index is 803. The van der Waals surface area contributed by atoms with Gasteiger partial charge < -0.3 is 15.4 Å². The summed E-state index contributed by atoms with van der Waals surface area (Å²) in [5.74, 6) is 1.50. The second-order valence-corrected chi connectivity index (χ2v) is 6.23. The van der Waals surface area contributed by atoms with Crippen molar-refractivity contribution in [3.05, 3.63) is 69.3 Å². The van der Waals surface area contributed by atoms with Crippen molar-refractivity contribution in [2.75, 3.05) is 13.7 Å². The maximum atomic E-state index is 10.7. The molecular weight excluding hydrogens is 344 g/mol. The number of rotatable bonds is 7. The number of benzene rings is 2. The Morgan fingerprint density at radius 3 is 2.56 bits per heavy atom. The first kappa shape index (κ1) is 20.2. The van der Waals surface area contributed by atoms with E-state index in [9.17, 15) is 10.1 Å². The van der Waals surface area contributed by atoms with Gasteiger partial charge in [0.15, 0.2) is 5.96 Å². The standard InChI is InChI=1S/C20H26N4O3/c1-5-21-20(22-13-16-7-9-17(10-8-16)24(25)26)23-15(3)18-12-14(2)6-11-19(18)27-4/h6-12,15H,5,13H2,1-4H3,(H2,21,22,23). The normalized spacial score (nSPS) is 12.4. The van der Waals surface area contributed by atoms with E-state index in [-0.39, 0.29) is 11.7 Å². The Labute approximate surface area is 159 Å². The molecule has 0 heterocycles. The van der Waals surface area contributed by atoms with E-state index in [1.54, 1.807) is 19.2 Å². The molecule has 7 heteroatoms. The number of nitrogens with zero attached hydrogens (tertiary/aromatic N) is 2. The van der Waals surface area contributed by atoms with Gasteiger partial charge in [0.05, 0.1) is 24.6 Å². The first-order chi connectivity index (χ1) is 12.9. The average molecular weight is 370 g/mol. The molecule has 2 rings (SSSR count). The number of ether oxygens (including phenoxy) is 1. The molecule has 0 aliphatic carbocycles. The van der Waals surface area contributed by atoms with E-state index in [4.69, 9.17) is 4.74 Å². The monoisotopic (exact) mass is 370 g/mol. The van der Waals surface area contributed by atoms with E-state index in [1.165, 1.54) is 12.1 Å². The minimum absolute atomic E-state index is 0.00508. The van der Waals surface area contributed by atoms with E-state index in [0.717, 1.165) is 29.0 Å². The molecule has 2 N–H and O–H groups in total. The molecule has 0 amide bonds. The van der Waals surface area contributed by atoms with Gasteiger partial charge in [-0.3, -0.25) is 10.1 Å². The van der Waals surface area contributed by atoms with Crippen LogP contribution >= 0.6 is 0 Å². The molecule has 1 unspecified atom stereocenters. The van der Waals surface area contributed by atoms with Gasteiger partial charge in [-0.1, -0.05) is 29.8 Å². The molecule has 0 bridgehead atoms. The molecule has 7 nitrogen and oxygen atoms in total. The Hall–Kier alpha value is -3.09. The van der Waals surface area contributed by atoms with Crippen molar-refractivity contribution in [2.45, 2.75) is 33.4 Å². The maximum Gasteiger partial charge on any atom is 0.269 e. The van der Waals surface area contributed by atoms with Crippen LogP contribution < -0.4 is 15.4 Å². The SMILES string of the molecule is CCNC(=NCc1ccc([N+](=O)[O-])cc1)NC(C)c1cc(C)ccc1OC. The summed E-state index contributed by atoms with van der Waals surface area (Å²) in [5.41, 5.74) is 3.19. The number of guanidine groups is 1. The third kappa shape index (κ3) is 5.70. The van der Waals surface area contributed by atoms with Crippen LogP contribution in [0.2, 0.25) is 0 Å². The lowest BCUT2D eigenvalue weighted by molar-refractivity contribution is -0.384. The van der Waals surface area contributed by atoms with Gasteiger partial charge in [0.1, 0.15) is 5.75 Å². The van der Waals surface area contributed by atoms with Crippen molar-refractivity contribution in [1.82, 2.24) is 10.6 Å². The van der Waals surface area contributed by atoms with Crippen molar-refractivity contribution >= 4 is 11.6 Å². The highest BCUT2D eigenvalue weighted by atomic mass is 16.6. The Morgan fingerprint density at radius 1 is 1.26 bits per heavy atom. The van der Waals surface area contributed by atoms with Crippen molar-refractivity contribution in [3.63, 3.8) is 0 Å². The van der Waals surface area contributed by atoms with Gasteiger partial charge in [-0.25, -0.2) is 4.99 Å². The average Bonchev–Trinajstić information content (AvgIpc) is 2.66. The lowest BCUT2D eigenvalue weighted by Crippen LogP contribution is -2.38. The summed E-state index contributed by atoms with van der Waals surface area (Å²) in [7, 11) is 1.66. The molecule has 0 fully saturated rings. The second kappa shape index (κ2) is 9.56. The third-order valence-electron chi connectivity index (χ3n) is 4.12. The largest absolute Gasteiger partial charge is 0.496 e. The van der Waals surface area contributed by atoms with E-state index < -0.39 is 4.92 Å². The molecule has 0 aliphatic rings. The van der Waals surface area contributed by atoms with Gasteiger partial charge >= 0.3 is 0 Å². The number of hydrogen-bond acceptors (Lipinski definition) is 4. The number of methoxy groups -OCH3 is 1. The zero-order chi connectivity index (χ0) is 19.8. The summed E-state index contributed by atoms with van der Waals surface area (Å²) in [6, 6.07) is 12.5. The number of nitro benzene ring substituents is 1. The van der Waals surface area contributed by atoms with Gasteiger partial charge in [0.2, 0.25) is 0 Å². The summed E-state index contributed by atoms with van der Waals surface area (Å²) >= 11 is 0. The number of non-ortho nitro benzene ring substituents is 1. The molecule has 0 aromatic heterocycles. The van der Waals surface area contributed by atoms with Crippen LogP contribution in [0.25, 0.3) is 0 Å². The highest BCUT2D eigenvalue weighted by molar-refractivity contribution is 5.80. The first-order valence-corrected chi connectivity index (χ1v) is 8.87. The predicted octanol–water partition coefficient (Wildman–Crippen LogP) is 3.73. The van der Waals surface area contributed by atoms with Gasteiger partial charge in [-0.15, -0.1) is 0 Å². The Morgan fingerprint density at radius 2 is 1.96 bits per heavy atom. The second-order valence-electron chi connectivity index (χ2n) is 6.23. The fraction of sp³-hybridized carbons (Fsp3) is 0.350.